The van der Waals surface area contributed by atoms with Crippen molar-refractivity contribution in [2.75, 3.05) is 13.1 Å². The lowest BCUT2D eigenvalue weighted by atomic mass is 10.0. The van der Waals surface area contributed by atoms with E-state index >= 15 is 0 Å². The average Bonchev–Trinajstić information content (AvgIpc) is 2.60. The van der Waals surface area contributed by atoms with Crippen LogP contribution in [0.25, 0.3) is 0 Å². The molecule has 0 bridgehead atoms. The van der Waals surface area contributed by atoms with Crippen molar-refractivity contribution in [3.63, 3.8) is 0 Å². The zero-order valence-corrected chi connectivity index (χ0v) is 17.3. The third kappa shape index (κ3) is 6.69. The second-order valence-electron chi connectivity index (χ2n) is 8.46. The van der Waals surface area contributed by atoms with Crippen LogP contribution in [0.2, 0.25) is 0 Å². The molecular weight excluding hydrogens is 363 g/mol. The number of nitrogens with one attached hydrogen (secondary N) is 1. The highest BCUT2D eigenvalue weighted by Gasteiger charge is 2.32. The van der Waals surface area contributed by atoms with E-state index < -0.39 is 17.7 Å². The summed E-state index contributed by atoms with van der Waals surface area (Å²) < 4.78 is 24.1. The zero-order valence-electron chi connectivity index (χ0n) is 17.3. The van der Waals surface area contributed by atoms with Gasteiger partial charge in [0, 0.05) is 25.9 Å². The number of amides is 2. The number of nitrogens with zero attached hydrogens (tertiary/aromatic N) is 1. The molecule has 0 radical (unpaired) electrons. The maximum Gasteiger partial charge on any atom is 0.408 e. The molecule has 2 amide bonds. The molecular formula is C21H31FN2O4. The predicted molar refractivity (Wildman–Crippen MR) is 105 cm³/mol. The summed E-state index contributed by atoms with van der Waals surface area (Å²) in [6.45, 7) is 10.2. The highest BCUT2D eigenvalue weighted by Crippen LogP contribution is 2.21. The number of piperidine rings is 1. The Morgan fingerprint density at radius 3 is 2.21 bits per heavy atom. The Morgan fingerprint density at radius 2 is 1.71 bits per heavy atom. The number of alkyl carbamates (subject to hydrolysis) is 1. The van der Waals surface area contributed by atoms with Crippen LogP contribution in [0.15, 0.2) is 24.3 Å². The van der Waals surface area contributed by atoms with E-state index in [2.05, 4.69) is 5.32 Å². The first kappa shape index (κ1) is 22.0. The largest absolute Gasteiger partial charge is 0.490 e. The van der Waals surface area contributed by atoms with E-state index in [0.29, 0.717) is 31.7 Å². The molecule has 6 nitrogen and oxygen atoms in total. The van der Waals surface area contributed by atoms with E-state index in [4.69, 9.17) is 9.47 Å². The van der Waals surface area contributed by atoms with E-state index in [1.54, 1.807) is 37.8 Å². The Morgan fingerprint density at radius 1 is 1.14 bits per heavy atom. The summed E-state index contributed by atoms with van der Waals surface area (Å²) in [7, 11) is 0. The van der Waals surface area contributed by atoms with E-state index in [1.165, 1.54) is 12.1 Å². The lowest BCUT2D eigenvalue weighted by Crippen LogP contribution is -2.54. The van der Waals surface area contributed by atoms with Crippen LogP contribution in [-0.2, 0) is 9.53 Å². The summed E-state index contributed by atoms with van der Waals surface area (Å²) in [4.78, 5) is 26.8. The molecule has 1 aliphatic heterocycles. The Kier molecular flexibility index (Phi) is 7.27. The molecule has 1 aromatic rings. The summed E-state index contributed by atoms with van der Waals surface area (Å²) >= 11 is 0. The molecule has 0 unspecified atom stereocenters. The minimum absolute atomic E-state index is 0.0224. The van der Waals surface area contributed by atoms with Gasteiger partial charge in [-0.05, 0) is 51.0 Å². The molecule has 7 heteroatoms. The van der Waals surface area contributed by atoms with Gasteiger partial charge in [-0.3, -0.25) is 4.79 Å². The normalized spacial score (nSPS) is 16.6. The van der Waals surface area contributed by atoms with Crippen molar-refractivity contribution in [3.05, 3.63) is 30.1 Å². The van der Waals surface area contributed by atoms with Crippen molar-refractivity contribution in [2.24, 2.45) is 5.92 Å². The second kappa shape index (κ2) is 9.26. The summed E-state index contributed by atoms with van der Waals surface area (Å²) in [5.41, 5.74) is -0.620. The first-order chi connectivity index (χ1) is 13.0. The number of rotatable bonds is 5. The van der Waals surface area contributed by atoms with Crippen LogP contribution >= 0.6 is 0 Å². The number of hydrogen-bond donors (Lipinski definition) is 1. The van der Waals surface area contributed by atoms with Crippen molar-refractivity contribution in [1.29, 1.82) is 0 Å². The van der Waals surface area contributed by atoms with E-state index in [-0.39, 0.29) is 23.7 Å². The predicted octanol–water partition coefficient (Wildman–Crippen LogP) is 3.74. The van der Waals surface area contributed by atoms with Gasteiger partial charge in [-0.15, -0.1) is 0 Å². The van der Waals surface area contributed by atoms with Gasteiger partial charge in [0.05, 0.1) is 0 Å². The van der Waals surface area contributed by atoms with Gasteiger partial charge in [-0.2, -0.15) is 0 Å². The second-order valence-corrected chi connectivity index (χ2v) is 8.46. The van der Waals surface area contributed by atoms with Crippen molar-refractivity contribution in [3.8, 4) is 5.75 Å². The molecule has 156 valence electrons. The van der Waals surface area contributed by atoms with Gasteiger partial charge >= 0.3 is 6.09 Å². The Balaban J connectivity index is 1.89. The maximum atomic E-state index is 13.0. The molecule has 1 atom stereocenters. The van der Waals surface area contributed by atoms with Crippen LogP contribution in [0.5, 0.6) is 5.75 Å². The van der Waals surface area contributed by atoms with Crippen LogP contribution in [0.4, 0.5) is 9.18 Å². The van der Waals surface area contributed by atoms with Gasteiger partial charge in [-0.25, -0.2) is 9.18 Å². The standard InChI is InChI=1S/C21H31FN2O4/c1-14(2)18(23-20(26)28-21(3,4)5)19(25)24-12-10-17(11-13-24)27-16-8-6-15(22)7-9-16/h6-9,14,17-18H,10-13H2,1-5H3,(H,23,26)/t18-/m1/s1. The molecule has 1 aromatic carbocycles. The number of carbonyl (C=O) groups is 2. The fraction of sp³-hybridized carbons (Fsp3) is 0.619. The molecule has 28 heavy (non-hydrogen) atoms. The number of benzene rings is 1. The molecule has 1 aliphatic rings. The Bertz CT molecular complexity index is 662. The van der Waals surface area contributed by atoms with E-state index in [1.807, 2.05) is 13.8 Å². The van der Waals surface area contributed by atoms with Gasteiger partial charge in [-0.1, -0.05) is 13.8 Å². The van der Waals surface area contributed by atoms with Gasteiger partial charge in [0.2, 0.25) is 5.91 Å². The fourth-order valence-corrected chi connectivity index (χ4v) is 3.04. The topological polar surface area (TPSA) is 67.9 Å². The first-order valence-corrected chi connectivity index (χ1v) is 9.75. The quantitative estimate of drug-likeness (QED) is 0.826. The lowest BCUT2D eigenvalue weighted by Gasteiger charge is -2.35. The highest BCUT2D eigenvalue weighted by atomic mass is 19.1. The molecule has 1 fully saturated rings. The molecule has 0 aliphatic carbocycles. The number of likely N-dealkylation sites (tertiary alicyclic amines) is 1. The van der Waals surface area contributed by atoms with Crippen LogP contribution < -0.4 is 10.1 Å². The Hall–Kier alpha value is -2.31. The van der Waals surface area contributed by atoms with Crippen LogP contribution in [0.1, 0.15) is 47.5 Å². The minimum Gasteiger partial charge on any atom is -0.490 e. The number of hydrogen-bond acceptors (Lipinski definition) is 4. The van der Waals surface area contributed by atoms with Gasteiger partial charge in [0.15, 0.2) is 0 Å². The van der Waals surface area contributed by atoms with E-state index in [9.17, 15) is 14.0 Å². The molecule has 1 heterocycles. The number of halogens is 1. The van der Waals surface area contributed by atoms with Crippen molar-refractivity contribution in [1.82, 2.24) is 10.2 Å². The smallest absolute Gasteiger partial charge is 0.408 e. The summed E-state index contributed by atoms with van der Waals surface area (Å²) in [6.07, 6.45) is 0.751. The zero-order chi connectivity index (χ0) is 20.9. The molecule has 0 spiro atoms. The van der Waals surface area contributed by atoms with Gasteiger partial charge in [0.1, 0.15) is 29.3 Å². The third-order valence-electron chi connectivity index (χ3n) is 4.48. The molecule has 1 N–H and O–H groups in total. The fourth-order valence-electron chi connectivity index (χ4n) is 3.04. The number of ether oxygens (including phenoxy) is 2. The minimum atomic E-state index is -0.635. The summed E-state index contributed by atoms with van der Waals surface area (Å²) in [5, 5.41) is 2.71. The Labute approximate surface area is 166 Å². The molecule has 2 rings (SSSR count). The SMILES string of the molecule is CC(C)[C@@H](NC(=O)OC(C)(C)C)C(=O)N1CCC(Oc2ccc(F)cc2)CC1. The van der Waals surface area contributed by atoms with Crippen LogP contribution in [-0.4, -0.2) is 47.7 Å². The van der Waals surface area contributed by atoms with E-state index in [0.717, 1.165) is 0 Å². The lowest BCUT2D eigenvalue weighted by molar-refractivity contribution is -0.136. The van der Waals surface area contributed by atoms with Gasteiger partial charge in [0.25, 0.3) is 0 Å². The maximum absolute atomic E-state index is 13.0. The van der Waals surface area contributed by atoms with Gasteiger partial charge < -0.3 is 19.7 Å². The molecule has 0 aromatic heterocycles. The highest BCUT2D eigenvalue weighted by molar-refractivity contribution is 5.86. The van der Waals surface area contributed by atoms with Crippen LogP contribution in [0.3, 0.4) is 0 Å². The average molecular weight is 394 g/mol. The third-order valence-corrected chi connectivity index (χ3v) is 4.48. The van der Waals surface area contributed by atoms with Crippen molar-refractivity contribution >= 4 is 12.0 Å². The van der Waals surface area contributed by atoms with Crippen molar-refractivity contribution < 1.29 is 23.5 Å². The molecule has 0 saturated carbocycles. The monoisotopic (exact) mass is 394 g/mol. The van der Waals surface area contributed by atoms with Crippen LogP contribution in [0, 0.1) is 11.7 Å². The first-order valence-electron chi connectivity index (χ1n) is 9.75. The summed E-state index contributed by atoms with van der Waals surface area (Å²) in [5.74, 6) is 0.150. The molecule has 1 saturated heterocycles. The number of carbonyl (C=O) groups excluding carboxylic acids is 2. The summed E-state index contributed by atoms with van der Waals surface area (Å²) in [6, 6.07) is 5.30. The van der Waals surface area contributed by atoms with Crippen molar-refractivity contribution in [2.45, 2.75) is 65.2 Å².